The number of pyridine rings is 1. The Morgan fingerprint density at radius 2 is 1.68 bits per heavy atom. The lowest BCUT2D eigenvalue weighted by molar-refractivity contribution is 0.432. The molecule has 0 spiro atoms. The van der Waals surface area contributed by atoms with Crippen LogP contribution in [0.1, 0.15) is 13.8 Å². The molecule has 0 aliphatic carbocycles. The standard InChI is InChI=1S/C27H27BN6/c1-17-12-29-13-18(2)34(17)21-8-6-19(7-9-21)20-14-30-27-24(15-31-33(27)16-20)22-4-3-5-25-23(22)10-11-26(28)32-25/h3-11,14-18,29H,12-13,28H2,1-2H3/t17-,18+. The minimum Gasteiger partial charge on any atom is -0.364 e. The Labute approximate surface area is 200 Å². The van der Waals surface area contributed by atoms with E-state index in [0.29, 0.717) is 12.1 Å². The van der Waals surface area contributed by atoms with Crippen LogP contribution in [0.3, 0.4) is 0 Å². The van der Waals surface area contributed by atoms with Gasteiger partial charge in [-0.05, 0) is 48.8 Å². The third kappa shape index (κ3) is 3.53. The van der Waals surface area contributed by atoms with Crippen LogP contribution in [0.2, 0.25) is 0 Å². The molecule has 6 rings (SSSR count). The van der Waals surface area contributed by atoms with E-state index >= 15 is 0 Å². The summed E-state index contributed by atoms with van der Waals surface area (Å²) in [5.41, 5.74) is 8.41. The predicted octanol–water partition coefficient (Wildman–Crippen LogP) is 3.06. The summed E-state index contributed by atoms with van der Waals surface area (Å²) >= 11 is 0. The second kappa shape index (κ2) is 8.26. The summed E-state index contributed by atoms with van der Waals surface area (Å²) in [5.74, 6) is 0. The monoisotopic (exact) mass is 446 g/mol. The van der Waals surface area contributed by atoms with Crippen LogP contribution in [-0.2, 0) is 0 Å². The number of benzene rings is 2. The van der Waals surface area contributed by atoms with Crippen molar-refractivity contribution in [2.24, 2.45) is 0 Å². The molecule has 34 heavy (non-hydrogen) atoms. The summed E-state index contributed by atoms with van der Waals surface area (Å²) in [6.07, 6.45) is 5.90. The first kappa shape index (κ1) is 20.9. The molecule has 3 aromatic heterocycles. The molecule has 1 aliphatic heterocycles. The van der Waals surface area contributed by atoms with Gasteiger partial charge in [-0.2, -0.15) is 5.10 Å². The molecular weight excluding hydrogens is 419 g/mol. The van der Waals surface area contributed by atoms with Gasteiger partial charge in [0.25, 0.3) is 0 Å². The topological polar surface area (TPSA) is 58.4 Å². The first-order valence-corrected chi connectivity index (χ1v) is 11.9. The number of hydrogen-bond acceptors (Lipinski definition) is 5. The number of hydrogen-bond donors (Lipinski definition) is 1. The molecule has 168 valence electrons. The van der Waals surface area contributed by atoms with Crippen molar-refractivity contribution < 1.29 is 0 Å². The molecule has 2 aromatic carbocycles. The molecule has 4 heterocycles. The second-order valence-electron chi connectivity index (χ2n) is 9.30. The number of piperazine rings is 1. The van der Waals surface area contributed by atoms with Gasteiger partial charge in [-0.3, -0.25) is 4.98 Å². The summed E-state index contributed by atoms with van der Waals surface area (Å²) in [7, 11) is 2.02. The average Bonchev–Trinajstić information content (AvgIpc) is 3.27. The first-order chi connectivity index (χ1) is 16.6. The Hall–Kier alpha value is -3.71. The summed E-state index contributed by atoms with van der Waals surface area (Å²) in [5, 5.41) is 9.25. The lowest BCUT2D eigenvalue weighted by atomic mass is 9.99. The van der Waals surface area contributed by atoms with E-state index in [0.717, 1.165) is 57.5 Å². The average molecular weight is 446 g/mol. The Bertz CT molecular complexity index is 1480. The maximum Gasteiger partial charge on any atom is 0.163 e. The highest BCUT2D eigenvalue weighted by Crippen LogP contribution is 2.31. The van der Waals surface area contributed by atoms with Crippen LogP contribution < -0.4 is 15.8 Å². The minimum atomic E-state index is 0.475. The van der Waals surface area contributed by atoms with Gasteiger partial charge in [0.05, 0.1) is 11.7 Å². The van der Waals surface area contributed by atoms with Crippen molar-refractivity contribution in [1.82, 2.24) is 24.9 Å². The minimum absolute atomic E-state index is 0.475. The molecule has 6 nitrogen and oxygen atoms in total. The summed E-state index contributed by atoms with van der Waals surface area (Å²) in [6.45, 7) is 6.58. The quantitative estimate of drug-likeness (QED) is 0.432. The maximum atomic E-state index is 4.82. The number of rotatable bonds is 3. The van der Waals surface area contributed by atoms with Crippen molar-refractivity contribution in [2.75, 3.05) is 18.0 Å². The SMILES string of the molecule is Bc1ccc2c(-c3cnn4cc(-c5ccc(N6[C@H](C)CNC[C@@H]6C)cc5)cnc34)cccc2n1. The molecular formula is C27H27BN6. The molecule has 0 radical (unpaired) electrons. The fraction of sp³-hybridized carbons (Fsp3) is 0.222. The number of fused-ring (bicyclic) bond motifs is 2. The van der Waals surface area contributed by atoms with Crippen molar-refractivity contribution >= 4 is 35.7 Å². The molecule has 1 N–H and O–H groups in total. The zero-order valence-corrected chi connectivity index (χ0v) is 19.7. The van der Waals surface area contributed by atoms with Crippen molar-refractivity contribution in [2.45, 2.75) is 25.9 Å². The lowest BCUT2D eigenvalue weighted by Crippen LogP contribution is -2.55. The molecule has 0 unspecified atom stereocenters. The van der Waals surface area contributed by atoms with Gasteiger partial charge in [0.1, 0.15) is 0 Å². The van der Waals surface area contributed by atoms with Crippen LogP contribution in [0.5, 0.6) is 0 Å². The molecule has 0 saturated carbocycles. The summed E-state index contributed by atoms with van der Waals surface area (Å²) in [6, 6.07) is 20.1. The molecule has 2 atom stereocenters. The molecule has 5 aromatic rings. The van der Waals surface area contributed by atoms with Crippen molar-refractivity contribution in [3.63, 3.8) is 0 Å². The van der Waals surface area contributed by atoms with E-state index in [2.05, 4.69) is 88.9 Å². The number of aromatic nitrogens is 4. The van der Waals surface area contributed by atoms with Crippen LogP contribution in [0.25, 0.3) is 38.8 Å². The largest absolute Gasteiger partial charge is 0.364 e. The molecule has 1 fully saturated rings. The van der Waals surface area contributed by atoms with Gasteiger partial charge in [-0.15, -0.1) is 0 Å². The Morgan fingerprint density at radius 1 is 0.882 bits per heavy atom. The van der Waals surface area contributed by atoms with Gasteiger partial charge >= 0.3 is 0 Å². The van der Waals surface area contributed by atoms with Crippen molar-refractivity contribution in [1.29, 1.82) is 0 Å². The van der Waals surface area contributed by atoms with Crippen LogP contribution in [0.4, 0.5) is 5.69 Å². The molecule has 0 amide bonds. The van der Waals surface area contributed by atoms with Gasteiger partial charge < -0.3 is 10.2 Å². The normalized spacial score (nSPS) is 18.6. The molecule has 7 heteroatoms. The number of nitrogens with one attached hydrogen (secondary N) is 1. The number of nitrogens with zero attached hydrogens (tertiary/aromatic N) is 5. The van der Waals surface area contributed by atoms with Crippen LogP contribution in [0.15, 0.2) is 73.2 Å². The van der Waals surface area contributed by atoms with E-state index < -0.39 is 0 Å². The van der Waals surface area contributed by atoms with E-state index in [-0.39, 0.29) is 0 Å². The summed E-state index contributed by atoms with van der Waals surface area (Å²) < 4.78 is 1.87. The van der Waals surface area contributed by atoms with Crippen LogP contribution in [-0.4, -0.2) is 52.6 Å². The fourth-order valence-corrected chi connectivity index (χ4v) is 5.17. The Morgan fingerprint density at radius 3 is 2.47 bits per heavy atom. The van der Waals surface area contributed by atoms with Gasteiger partial charge in [0.15, 0.2) is 13.5 Å². The highest BCUT2D eigenvalue weighted by atomic mass is 15.2. The zero-order valence-electron chi connectivity index (χ0n) is 19.7. The van der Waals surface area contributed by atoms with E-state index in [9.17, 15) is 0 Å². The molecule has 0 bridgehead atoms. The van der Waals surface area contributed by atoms with Gasteiger partial charge in [0.2, 0.25) is 0 Å². The Balaban J connectivity index is 1.35. The second-order valence-corrected chi connectivity index (χ2v) is 9.30. The lowest BCUT2D eigenvalue weighted by Gasteiger charge is -2.41. The Kier molecular flexibility index (Phi) is 5.07. The fourth-order valence-electron chi connectivity index (χ4n) is 5.17. The predicted molar refractivity (Wildman–Crippen MR) is 142 cm³/mol. The first-order valence-electron chi connectivity index (χ1n) is 11.9. The number of anilines is 1. The van der Waals surface area contributed by atoms with Crippen molar-refractivity contribution in [3.05, 3.63) is 73.2 Å². The highest BCUT2D eigenvalue weighted by Gasteiger charge is 2.24. The van der Waals surface area contributed by atoms with Gasteiger partial charge in [0, 0.05) is 59.8 Å². The van der Waals surface area contributed by atoms with E-state index in [1.807, 2.05) is 30.8 Å². The van der Waals surface area contributed by atoms with Gasteiger partial charge in [-0.1, -0.05) is 36.4 Å². The third-order valence-electron chi connectivity index (χ3n) is 6.85. The van der Waals surface area contributed by atoms with Crippen LogP contribution >= 0.6 is 0 Å². The third-order valence-corrected chi connectivity index (χ3v) is 6.85. The zero-order chi connectivity index (χ0) is 23.2. The van der Waals surface area contributed by atoms with E-state index in [1.165, 1.54) is 5.69 Å². The maximum absolute atomic E-state index is 4.82. The smallest absolute Gasteiger partial charge is 0.163 e. The van der Waals surface area contributed by atoms with Gasteiger partial charge in [-0.25, -0.2) is 9.50 Å². The molecule has 1 aliphatic rings. The highest BCUT2D eigenvalue weighted by molar-refractivity contribution is 6.31. The summed E-state index contributed by atoms with van der Waals surface area (Å²) in [4.78, 5) is 12.0. The van der Waals surface area contributed by atoms with Crippen molar-refractivity contribution in [3.8, 4) is 22.3 Å². The van der Waals surface area contributed by atoms with E-state index in [4.69, 9.17) is 4.98 Å². The molecule has 1 saturated heterocycles. The van der Waals surface area contributed by atoms with E-state index in [1.54, 1.807) is 0 Å². The van der Waals surface area contributed by atoms with Crippen LogP contribution in [0, 0.1) is 0 Å².